The third kappa shape index (κ3) is 4.52. The van der Waals surface area contributed by atoms with Gasteiger partial charge in [-0.25, -0.2) is 0 Å². The van der Waals surface area contributed by atoms with Crippen LogP contribution in [0.4, 0.5) is 0 Å². The van der Waals surface area contributed by atoms with Gasteiger partial charge in [0.15, 0.2) is 0 Å². The first-order valence-corrected chi connectivity index (χ1v) is 11.1. The third-order valence-electron chi connectivity index (χ3n) is 4.90. The SMILES string of the molecule is CCC[C@H](C(=O)OC)C(=O)[C@H](Cc1ccc(O)cc1)n1[se]c2ccccc2c1=O. The number of Topliss-reactive ketones (excluding diaryl/α,β-unsaturated/α-hetero) is 1. The number of carbonyl (C=O) groups is 2. The Morgan fingerprint density at radius 2 is 1.83 bits per heavy atom. The average Bonchev–Trinajstić information content (AvgIpc) is 3.07. The summed E-state index contributed by atoms with van der Waals surface area (Å²) in [6.45, 7) is 1.90. The molecule has 0 aliphatic carbocycles. The van der Waals surface area contributed by atoms with E-state index >= 15 is 0 Å². The van der Waals surface area contributed by atoms with Crippen LogP contribution in [0.15, 0.2) is 53.3 Å². The summed E-state index contributed by atoms with van der Waals surface area (Å²) in [4.78, 5) is 38.8. The van der Waals surface area contributed by atoms with E-state index in [-0.39, 0.29) is 38.2 Å². The molecule has 0 spiro atoms. The van der Waals surface area contributed by atoms with Gasteiger partial charge in [0.2, 0.25) is 0 Å². The number of carbonyl (C=O) groups excluding carboxylic acids is 2. The molecule has 0 bridgehead atoms. The van der Waals surface area contributed by atoms with Crippen LogP contribution in [0.5, 0.6) is 5.75 Å². The maximum absolute atomic E-state index is 13.5. The van der Waals surface area contributed by atoms with E-state index in [4.69, 9.17) is 4.74 Å². The van der Waals surface area contributed by atoms with Crippen LogP contribution in [-0.2, 0) is 20.7 Å². The molecule has 3 aromatic rings. The first kappa shape index (κ1) is 21.1. The Kier molecular flexibility index (Phi) is 6.72. The number of methoxy groups -OCH3 is 1. The van der Waals surface area contributed by atoms with Crippen molar-refractivity contribution in [3.63, 3.8) is 0 Å². The molecule has 0 fully saturated rings. The second kappa shape index (κ2) is 9.24. The monoisotopic (exact) mass is 461 g/mol. The molecule has 1 N–H and O–H groups in total. The zero-order valence-corrected chi connectivity index (χ0v) is 18.0. The van der Waals surface area contributed by atoms with Crippen molar-refractivity contribution in [2.45, 2.75) is 32.2 Å². The molecule has 3 rings (SSSR count). The molecule has 2 atom stereocenters. The fourth-order valence-corrected chi connectivity index (χ4v) is 5.68. The molecule has 0 unspecified atom stereocenters. The number of hydrogen-bond donors (Lipinski definition) is 1. The minimum atomic E-state index is -0.903. The van der Waals surface area contributed by atoms with Gasteiger partial charge in [0.25, 0.3) is 0 Å². The molecule has 0 aliphatic heterocycles. The molecule has 29 heavy (non-hydrogen) atoms. The predicted molar refractivity (Wildman–Crippen MR) is 111 cm³/mol. The van der Waals surface area contributed by atoms with Crippen molar-refractivity contribution in [2.24, 2.45) is 5.92 Å². The van der Waals surface area contributed by atoms with Gasteiger partial charge in [-0.2, -0.15) is 0 Å². The Balaban J connectivity index is 2.08. The number of esters is 1. The van der Waals surface area contributed by atoms with Crippen molar-refractivity contribution in [2.75, 3.05) is 7.11 Å². The van der Waals surface area contributed by atoms with E-state index in [0.717, 1.165) is 9.82 Å². The number of hydrogen-bond acceptors (Lipinski definition) is 5. The van der Waals surface area contributed by atoms with Gasteiger partial charge in [-0.1, -0.05) is 0 Å². The topological polar surface area (TPSA) is 85.6 Å². The number of aromatic nitrogens is 1. The molecule has 2 aromatic carbocycles. The Bertz CT molecular complexity index is 1070. The number of phenols is 1. The maximum atomic E-state index is 13.5. The standard InChI is InChI=1S/C22H23NO5Se/c1-3-6-17(22(27)28-2)20(25)18(13-14-9-11-15(24)12-10-14)23-21(26)16-7-4-5-8-19(16)29-23/h4-5,7-12,17-18,24H,3,6,13H2,1-2H3/t17-,18-/m0/s1. The zero-order valence-electron chi connectivity index (χ0n) is 16.3. The number of benzene rings is 2. The first-order valence-electron chi connectivity index (χ1n) is 9.46. The van der Waals surface area contributed by atoms with Gasteiger partial charge in [-0.15, -0.1) is 0 Å². The van der Waals surface area contributed by atoms with E-state index in [1.54, 1.807) is 40.0 Å². The molecule has 7 heteroatoms. The molecule has 1 heterocycles. The van der Waals surface area contributed by atoms with E-state index in [1.165, 1.54) is 7.11 Å². The Morgan fingerprint density at radius 1 is 1.14 bits per heavy atom. The fourth-order valence-electron chi connectivity index (χ4n) is 3.39. The predicted octanol–water partition coefficient (Wildman–Crippen LogP) is 2.71. The van der Waals surface area contributed by atoms with E-state index in [2.05, 4.69) is 0 Å². The number of rotatable bonds is 8. The van der Waals surface area contributed by atoms with Gasteiger partial charge in [0.1, 0.15) is 0 Å². The summed E-state index contributed by atoms with van der Waals surface area (Å²) < 4.78 is 7.40. The normalized spacial score (nSPS) is 13.2. The van der Waals surface area contributed by atoms with Crippen LogP contribution >= 0.6 is 0 Å². The Hall–Kier alpha value is -2.63. The summed E-state index contributed by atoms with van der Waals surface area (Å²) in [5.74, 6) is -1.64. The van der Waals surface area contributed by atoms with Crippen LogP contribution in [0.1, 0.15) is 31.4 Å². The van der Waals surface area contributed by atoms with Gasteiger partial charge in [-0.05, 0) is 0 Å². The van der Waals surface area contributed by atoms with Crippen molar-refractivity contribution in [3.05, 3.63) is 64.4 Å². The van der Waals surface area contributed by atoms with E-state index in [9.17, 15) is 19.5 Å². The molecule has 0 saturated carbocycles. The molecule has 6 nitrogen and oxygen atoms in total. The number of ether oxygens (including phenoxy) is 1. The van der Waals surface area contributed by atoms with E-state index in [0.29, 0.717) is 18.2 Å². The summed E-state index contributed by atoms with van der Waals surface area (Å²) in [7, 11) is 1.27. The molecule has 0 radical (unpaired) electrons. The number of aromatic hydroxyl groups is 1. The summed E-state index contributed by atoms with van der Waals surface area (Å²) in [5, 5.41) is 10.2. The summed E-state index contributed by atoms with van der Waals surface area (Å²) in [5.41, 5.74) is 0.624. The summed E-state index contributed by atoms with van der Waals surface area (Å²) in [6, 6.07) is 13.1. The molecular weight excluding hydrogens is 437 g/mol. The van der Waals surface area contributed by atoms with Crippen LogP contribution in [0, 0.1) is 5.92 Å². The Labute approximate surface area is 174 Å². The second-order valence-electron chi connectivity index (χ2n) is 6.87. The van der Waals surface area contributed by atoms with Gasteiger partial charge < -0.3 is 0 Å². The molecule has 0 aliphatic rings. The van der Waals surface area contributed by atoms with Crippen molar-refractivity contribution >= 4 is 36.1 Å². The van der Waals surface area contributed by atoms with Crippen molar-refractivity contribution in [1.29, 1.82) is 0 Å². The molecule has 0 amide bonds. The second-order valence-corrected chi connectivity index (χ2v) is 9.00. The van der Waals surface area contributed by atoms with Crippen LogP contribution in [-0.4, -0.2) is 42.3 Å². The van der Waals surface area contributed by atoms with Gasteiger partial charge in [-0.3, -0.25) is 0 Å². The van der Waals surface area contributed by atoms with Crippen molar-refractivity contribution in [3.8, 4) is 5.75 Å². The quantitative estimate of drug-likeness (QED) is 0.318. The number of ketones is 1. The molecule has 0 saturated heterocycles. The number of fused-ring (bicyclic) bond motifs is 1. The van der Waals surface area contributed by atoms with Crippen LogP contribution in [0.2, 0.25) is 0 Å². The first-order chi connectivity index (χ1) is 14.0. The zero-order chi connectivity index (χ0) is 21.0. The average molecular weight is 460 g/mol. The van der Waals surface area contributed by atoms with E-state index in [1.807, 2.05) is 19.1 Å². The van der Waals surface area contributed by atoms with Crippen LogP contribution < -0.4 is 5.56 Å². The van der Waals surface area contributed by atoms with Gasteiger partial charge >= 0.3 is 175 Å². The fraction of sp³-hybridized carbons (Fsp3) is 0.318. The van der Waals surface area contributed by atoms with Crippen molar-refractivity contribution in [1.82, 2.24) is 3.56 Å². The molecular formula is C22H23NO5Se. The van der Waals surface area contributed by atoms with Gasteiger partial charge in [0.05, 0.1) is 0 Å². The molecule has 1 aromatic heterocycles. The minimum absolute atomic E-state index is 0.129. The van der Waals surface area contributed by atoms with Crippen molar-refractivity contribution < 1.29 is 19.4 Å². The van der Waals surface area contributed by atoms with Crippen LogP contribution in [0.3, 0.4) is 0 Å². The van der Waals surface area contributed by atoms with E-state index < -0.39 is 17.9 Å². The third-order valence-corrected chi connectivity index (χ3v) is 7.35. The number of phenolic OH excluding ortho intramolecular Hbond substituents is 1. The number of nitrogens with zero attached hydrogens (tertiary/aromatic N) is 1. The molecule has 152 valence electrons. The Morgan fingerprint density at radius 3 is 2.45 bits per heavy atom. The van der Waals surface area contributed by atoms with Gasteiger partial charge in [0, 0.05) is 0 Å². The summed E-state index contributed by atoms with van der Waals surface area (Å²) in [6.07, 6.45) is 1.30. The van der Waals surface area contributed by atoms with Crippen LogP contribution in [0.25, 0.3) is 9.65 Å². The summed E-state index contributed by atoms with van der Waals surface area (Å²) >= 11 is -0.349.